The van der Waals surface area contributed by atoms with Gasteiger partial charge in [-0.2, -0.15) is 0 Å². The zero-order valence-electron chi connectivity index (χ0n) is 15.6. The number of piperazine rings is 1. The van der Waals surface area contributed by atoms with Crippen molar-refractivity contribution in [2.45, 2.75) is 39.2 Å². The van der Waals surface area contributed by atoms with Crippen LogP contribution in [0.1, 0.15) is 51.9 Å². The summed E-state index contributed by atoms with van der Waals surface area (Å²) in [6.07, 6.45) is 3.42. The second-order valence-corrected chi connectivity index (χ2v) is 7.38. The molecule has 2 aliphatic rings. The predicted octanol–water partition coefficient (Wildman–Crippen LogP) is 2.73. The van der Waals surface area contributed by atoms with Crippen LogP contribution in [0.5, 0.6) is 0 Å². The minimum Gasteiger partial charge on any atom is -0.354 e. The van der Waals surface area contributed by atoms with E-state index >= 15 is 0 Å². The molecule has 0 aromatic carbocycles. The minimum atomic E-state index is -0.360. The highest BCUT2D eigenvalue weighted by Crippen LogP contribution is 2.28. The topological polar surface area (TPSA) is 69.3 Å². The summed E-state index contributed by atoms with van der Waals surface area (Å²) in [5.74, 6) is 0.423. The first-order valence-electron chi connectivity index (χ1n) is 9.38. The van der Waals surface area contributed by atoms with Crippen molar-refractivity contribution in [1.29, 1.82) is 0 Å². The van der Waals surface area contributed by atoms with Crippen LogP contribution in [-0.4, -0.2) is 52.2 Å². The maximum atomic E-state index is 13.1. The molecule has 3 heterocycles. The first kappa shape index (κ1) is 17.7. The molecule has 1 unspecified atom stereocenters. The molecule has 1 saturated heterocycles. The number of rotatable bonds is 2. The van der Waals surface area contributed by atoms with Gasteiger partial charge in [-0.25, -0.2) is 9.37 Å². The van der Waals surface area contributed by atoms with Gasteiger partial charge in [0.1, 0.15) is 17.3 Å². The van der Waals surface area contributed by atoms with E-state index in [1.54, 1.807) is 6.07 Å². The van der Waals surface area contributed by atoms with E-state index in [2.05, 4.69) is 14.9 Å². The van der Waals surface area contributed by atoms with Crippen LogP contribution in [0, 0.1) is 12.7 Å². The van der Waals surface area contributed by atoms with Crippen molar-refractivity contribution in [3.8, 4) is 0 Å². The van der Waals surface area contributed by atoms with Gasteiger partial charge in [0.25, 0.3) is 5.91 Å². The summed E-state index contributed by atoms with van der Waals surface area (Å²) in [5, 5.41) is 0. The third-order valence-electron chi connectivity index (χ3n) is 5.57. The number of aryl methyl sites for hydroxylation is 1. The van der Waals surface area contributed by atoms with E-state index < -0.39 is 0 Å². The molecule has 27 heavy (non-hydrogen) atoms. The number of Topliss-reactive ketones (excluding diaryl/α,β-unsaturated/α-hetero) is 1. The van der Waals surface area contributed by atoms with Crippen LogP contribution in [0.3, 0.4) is 0 Å². The van der Waals surface area contributed by atoms with Gasteiger partial charge in [0.2, 0.25) is 0 Å². The van der Waals surface area contributed by atoms with E-state index in [1.165, 1.54) is 12.3 Å². The molecule has 1 amide bonds. The number of hydrogen-bond donors (Lipinski definition) is 1. The fourth-order valence-electron chi connectivity index (χ4n) is 4.17. The first-order valence-corrected chi connectivity index (χ1v) is 9.38. The molecule has 1 N–H and O–H groups in total. The Morgan fingerprint density at radius 3 is 2.78 bits per heavy atom. The predicted molar refractivity (Wildman–Crippen MR) is 99.7 cm³/mol. The average Bonchev–Trinajstić information content (AvgIpc) is 3.00. The molecule has 0 radical (unpaired) electrons. The monoisotopic (exact) mass is 370 g/mol. The summed E-state index contributed by atoms with van der Waals surface area (Å²) >= 11 is 0. The van der Waals surface area contributed by atoms with Gasteiger partial charge in [0.15, 0.2) is 5.78 Å². The Morgan fingerprint density at radius 1 is 1.30 bits per heavy atom. The summed E-state index contributed by atoms with van der Waals surface area (Å²) in [5.41, 5.74) is 2.92. The van der Waals surface area contributed by atoms with Crippen molar-refractivity contribution < 1.29 is 14.0 Å². The number of amides is 1. The summed E-state index contributed by atoms with van der Waals surface area (Å²) in [7, 11) is 0. The number of nitrogens with zero attached hydrogens (tertiary/aromatic N) is 3. The normalized spacial score (nSPS) is 20.0. The van der Waals surface area contributed by atoms with Gasteiger partial charge in [-0.15, -0.1) is 0 Å². The smallest absolute Gasteiger partial charge is 0.270 e. The Hall–Kier alpha value is -2.70. The molecule has 1 atom stereocenters. The van der Waals surface area contributed by atoms with E-state index in [4.69, 9.17) is 0 Å². The van der Waals surface area contributed by atoms with Gasteiger partial charge in [-0.3, -0.25) is 9.59 Å². The Kier molecular flexibility index (Phi) is 4.45. The minimum absolute atomic E-state index is 0.0618. The van der Waals surface area contributed by atoms with Crippen LogP contribution in [0.25, 0.3) is 0 Å². The number of fused-ring (bicyclic) bond motifs is 1. The van der Waals surface area contributed by atoms with Crippen LogP contribution in [-0.2, 0) is 6.42 Å². The van der Waals surface area contributed by atoms with Gasteiger partial charge >= 0.3 is 0 Å². The van der Waals surface area contributed by atoms with Crippen molar-refractivity contribution in [3.63, 3.8) is 0 Å². The second kappa shape index (κ2) is 6.79. The Labute approximate surface area is 157 Å². The number of anilines is 1. The Morgan fingerprint density at radius 2 is 2.11 bits per heavy atom. The van der Waals surface area contributed by atoms with Crippen molar-refractivity contribution in [2.75, 3.05) is 24.5 Å². The molecule has 2 aromatic heterocycles. The second-order valence-electron chi connectivity index (χ2n) is 7.38. The molecule has 4 rings (SSSR count). The van der Waals surface area contributed by atoms with Crippen molar-refractivity contribution in [1.82, 2.24) is 14.9 Å². The third-order valence-corrected chi connectivity index (χ3v) is 5.57. The summed E-state index contributed by atoms with van der Waals surface area (Å²) < 4.78 is 13.1. The van der Waals surface area contributed by atoms with E-state index in [-0.39, 0.29) is 23.5 Å². The van der Waals surface area contributed by atoms with Gasteiger partial charge in [0.05, 0.1) is 6.20 Å². The van der Waals surface area contributed by atoms with E-state index in [0.717, 1.165) is 24.1 Å². The zero-order valence-corrected chi connectivity index (χ0v) is 15.6. The molecule has 1 aliphatic heterocycles. The molecular weight excluding hydrogens is 347 g/mol. The summed E-state index contributed by atoms with van der Waals surface area (Å²) in [4.78, 5) is 36.6. The van der Waals surface area contributed by atoms with Crippen LogP contribution >= 0.6 is 0 Å². The van der Waals surface area contributed by atoms with Crippen molar-refractivity contribution in [2.24, 2.45) is 0 Å². The number of nitrogens with one attached hydrogen (secondary N) is 1. The highest BCUT2D eigenvalue weighted by Gasteiger charge is 2.32. The molecule has 1 aliphatic carbocycles. The van der Waals surface area contributed by atoms with Crippen molar-refractivity contribution in [3.05, 3.63) is 46.7 Å². The number of carbonyl (C=O) groups is 2. The standard InChI is InChI=1S/C20H23FN4O2/c1-12-11-24(8-9-25(12)17-7-6-14(21)10-22-17)20(27)19-13(2)18-15(23-19)4-3-5-16(18)26/h6-7,10,12,23H,3-5,8-9,11H2,1-2H3. The number of aromatic nitrogens is 2. The number of carbonyl (C=O) groups excluding carboxylic acids is 2. The van der Waals surface area contributed by atoms with E-state index in [1.807, 2.05) is 18.7 Å². The molecule has 0 bridgehead atoms. The third kappa shape index (κ3) is 3.11. The molecular formula is C20H23FN4O2. The Bertz CT molecular complexity index is 890. The summed E-state index contributed by atoms with van der Waals surface area (Å²) in [6.45, 7) is 5.62. The molecule has 6 nitrogen and oxygen atoms in total. The van der Waals surface area contributed by atoms with Crippen LogP contribution in [0.4, 0.5) is 10.2 Å². The van der Waals surface area contributed by atoms with Gasteiger partial charge < -0.3 is 14.8 Å². The molecule has 7 heteroatoms. The molecule has 0 saturated carbocycles. The maximum Gasteiger partial charge on any atom is 0.270 e. The van der Waals surface area contributed by atoms with Crippen molar-refractivity contribution >= 4 is 17.5 Å². The van der Waals surface area contributed by atoms with Gasteiger partial charge in [-0.05, 0) is 44.4 Å². The van der Waals surface area contributed by atoms with Crippen LogP contribution < -0.4 is 4.90 Å². The lowest BCUT2D eigenvalue weighted by Crippen LogP contribution is -2.54. The highest BCUT2D eigenvalue weighted by atomic mass is 19.1. The van der Waals surface area contributed by atoms with Gasteiger partial charge in [-0.1, -0.05) is 0 Å². The Balaban J connectivity index is 1.52. The van der Waals surface area contributed by atoms with Crippen LogP contribution in [0.15, 0.2) is 18.3 Å². The number of aromatic amines is 1. The number of ketones is 1. The first-order chi connectivity index (χ1) is 13.0. The average molecular weight is 370 g/mol. The van der Waals surface area contributed by atoms with Gasteiger partial charge in [0, 0.05) is 43.4 Å². The molecule has 142 valence electrons. The quantitative estimate of drug-likeness (QED) is 0.883. The van der Waals surface area contributed by atoms with E-state index in [9.17, 15) is 14.0 Å². The molecule has 2 aromatic rings. The lowest BCUT2D eigenvalue weighted by molar-refractivity contribution is 0.0719. The number of halogens is 1. The number of hydrogen-bond acceptors (Lipinski definition) is 4. The maximum absolute atomic E-state index is 13.1. The lowest BCUT2D eigenvalue weighted by Gasteiger charge is -2.40. The van der Waals surface area contributed by atoms with Crippen LogP contribution in [0.2, 0.25) is 0 Å². The molecule has 1 fully saturated rings. The summed E-state index contributed by atoms with van der Waals surface area (Å²) in [6, 6.07) is 3.13. The highest BCUT2D eigenvalue weighted by molar-refractivity contribution is 6.04. The number of pyridine rings is 1. The fourth-order valence-corrected chi connectivity index (χ4v) is 4.17. The van der Waals surface area contributed by atoms with E-state index in [0.29, 0.717) is 43.1 Å². The number of H-pyrrole nitrogens is 1. The fraction of sp³-hybridized carbons (Fsp3) is 0.450. The molecule has 0 spiro atoms. The largest absolute Gasteiger partial charge is 0.354 e. The zero-order chi connectivity index (χ0) is 19.1. The SMILES string of the molecule is Cc1c(C(=O)N2CCN(c3ccc(F)cn3)C(C)C2)[nH]c2c1C(=O)CCC2. The lowest BCUT2D eigenvalue weighted by atomic mass is 9.93.